The van der Waals surface area contributed by atoms with Gasteiger partial charge >= 0.3 is 17.0 Å². The maximum Gasteiger partial charge on any atom is 0.344 e. The molecule has 2 unspecified atom stereocenters. The van der Waals surface area contributed by atoms with E-state index in [1.807, 2.05) is 6.92 Å². The molecule has 0 aromatic heterocycles. The summed E-state index contributed by atoms with van der Waals surface area (Å²) in [7, 11) is -3.23. The van der Waals surface area contributed by atoms with Crippen molar-refractivity contribution in [2.24, 2.45) is 11.7 Å². The number of carbonyl (C=O) groups is 1. The average molecular weight is 237 g/mol. The predicted octanol–water partition coefficient (Wildman–Crippen LogP) is -1.05. The highest BCUT2D eigenvalue weighted by Gasteiger charge is 2.26. The highest BCUT2D eigenvalue weighted by atomic mass is 32.2. The third kappa shape index (κ3) is 5.21. The summed E-state index contributed by atoms with van der Waals surface area (Å²) in [6.07, 6.45) is 0.621. The molecule has 0 aromatic carbocycles. The molecule has 15 heavy (non-hydrogen) atoms. The molecule has 0 saturated carbocycles. The minimum atomic E-state index is -3.23. The summed E-state index contributed by atoms with van der Waals surface area (Å²) in [6, 6.07) is -0.916. The van der Waals surface area contributed by atoms with Gasteiger partial charge in [0.15, 0.2) is 5.96 Å². The van der Waals surface area contributed by atoms with Gasteiger partial charge in [-0.1, -0.05) is 20.3 Å². The Morgan fingerprint density at radius 3 is 2.47 bits per heavy atom. The Bertz CT molecular complexity index is 307. The fourth-order valence-corrected chi connectivity index (χ4v) is 1.23. The van der Waals surface area contributed by atoms with Crippen LogP contribution in [0.15, 0.2) is 0 Å². The molecule has 0 saturated heterocycles. The molecule has 0 aliphatic rings. The zero-order valence-electron chi connectivity index (χ0n) is 8.52. The highest BCUT2D eigenvalue weighted by molar-refractivity contribution is 7.67. The summed E-state index contributed by atoms with van der Waals surface area (Å²) in [5, 5.41) is 9.33. The van der Waals surface area contributed by atoms with Gasteiger partial charge in [0.05, 0.1) is 0 Å². The van der Waals surface area contributed by atoms with Gasteiger partial charge in [-0.25, -0.2) is 4.79 Å². The van der Waals surface area contributed by atoms with Crippen molar-refractivity contribution in [3.05, 3.63) is 0 Å². The Balaban J connectivity index is 4.61. The summed E-state index contributed by atoms with van der Waals surface area (Å²) >= 11 is 0. The predicted molar refractivity (Wildman–Crippen MR) is 54.7 cm³/mol. The summed E-state index contributed by atoms with van der Waals surface area (Å²) in [5.41, 5.74) is 5.07. The smallest absolute Gasteiger partial charge is 0.344 e. The van der Waals surface area contributed by atoms with Crippen LogP contribution in [0.5, 0.6) is 0 Å². The van der Waals surface area contributed by atoms with Crippen LogP contribution in [0.3, 0.4) is 0 Å². The molecule has 0 aliphatic carbocycles. The van der Waals surface area contributed by atoms with Gasteiger partial charge in [0.1, 0.15) is 6.04 Å². The van der Waals surface area contributed by atoms with Crippen LogP contribution in [0.25, 0.3) is 0 Å². The molecule has 0 aliphatic heterocycles. The molecule has 2 atom stereocenters. The monoisotopic (exact) mass is 237 g/mol. The zero-order chi connectivity index (χ0) is 12.0. The van der Waals surface area contributed by atoms with Gasteiger partial charge in [-0.2, -0.15) is 8.42 Å². The zero-order valence-corrected chi connectivity index (χ0v) is 9.41. The first-order chi connectivity index (χ1) is 6.88. The molecular weight excluding hydrogens is 222 g/mol. The Labute approximate surface area is 89.6 Å². The van der Waals surface area contributed by atoms with Gasteiger partial charge in [0, 0.05) is 0 Å². The summed E-state index contributed by atoms with van der Waals surface area (Å²) in [4.78, 5) is 11.3. The second-order valence-electron chi connectivity index (χ2n) is 3.06. The largest absolute Gasteiger partial charge is 0.370 e. The van der Waals surface area contributed by atoms with Crippen LogP contribution in [0, 0.1) is 11.3 Å². The first kappa shape index (κ1) is 13.7. The van der Waals surface area contributed by atoms with Crippen molar-refractivity contribution in [3.8, 4) is 0 Å². The maximum atomic E-state index is 11.3. The number of carbonyl (C=O) groups excluding carboxylic acids is 1. The Hall–Kier alpha value is -1.31. The standard InChI is InChI=1S/C7H15N3O4S/c1-3-4(2)5(10-7(8)9)6(11)14-15(12)13/h4-5,15H,3H2,1-2H3,(H4,8,9,10). The summed E-state index contributed by atoms with van der Waals surface area (Å²) < 4.78 is 24.4. The second kappa shape index (κ2) is 6.23. The van der Waals surface area contributed by atoms with Gasteiger partial charge < -0.3 is 15.2 Å². The molecule has 0 radical (unpaired) electrons. The van der Waals surface area contributed by atoms with E-state index in [1.54, 1.807) is 6.92 Å². The normalized spacial score (nSPS) is 14.3. The number of thiol groups is 1. The molecule has 0 fully saturated rings. The quantitative estimate of drug-likeness (QED) is 0.275. The average Bonchev–Trinajstić information content (AvgIpc) is 2.11. The van der Waals surface area contributed by atoms with Crippen LogP contribution in [0.2, 0.25) is 0 Å². The molecular formula is C7H15N3O4S. The van der Waals surface area contributed by atoms with E-state index in [4.69, 9.17) is 11.1 Å². The van der Waals surface area contributed by atoms with E-state index < -0.39 is 29.0 Å². The number of hydrogen-bond acceptors (Lipinski definition) is 5. The van der Waals surface area contributed by atoms with Gasteiger partial charge in [-0.3, -0.25) is 5.41 Å². The van der Waals surface area contributed by atoms with Crippen LogP contribution in [0.1, 0.15) is 20.3 Å². The molecule has 8 heteroatoms. The Kier molecular flexibility index (Phi) is 5.68. The lowest BCUT2D eigenvalue weighted by Gasteiger charge is -2.20. The third-order valence-electron chi connectivity index (χ3n) is 1.94. The number of nitrogens with one attached hydrogen (secondary N) is 2. The number of hydrogen-bond donors (Lipinski definition) is 4. The lowest BCUT2D eigenvalue weighted by molar-refractivity contribution is -0.136. The minimum Gasteiger partial charge on any atom is -0.370 e. The topological polar surface area (TPSA) is 122 Å². The Morgan fingerprint density at radius 2 is 2.13 bits per heavy atom. The number of guanidine groups is 1. The molecule has 0 aromatic rings. The van der Waals surface area contributed by atoms with Crippen LogP contribution < -0.4 is 11.1 Å². The minimum absolute atomic E-state index is 0.184. The molecule has 0 rings (SSSR count). The first-order valence-corrected chi connectivity index (χ1v) is 5.44. The van der Waals surface area contributed by atoms with E-state index in [0.717, 1.165) is 0 Å². The molecule has 0 amide bonds. The van der Waals surface area contributed by atoms with Crippen molar-refractivity contribution >= 4 is 22.9 Å². The number of nitrogens with two attached hydrogens (primary N) is 1. The van der Waals surface area contributed by atoms with Crippen molar-refractivity contribution in [1.29, 1.82) is 5.41 Å². The van der Waals surface area contributed by atoms with Gasteiger partial charge in [-0.05, 0) is 5.92 Å². The van der Waals surface area contributed by atoms with Crippen molar-refractivity contribution in [3.63, 3.8) is 0 Å². The van der Waals surface area contributed by atoms with E-state index in [0.29, 0.717) is 6.42 Å². The first-order valence-electron chi connectivity index (χ1n) is 4.35. The maximum absolute atomic E-state index is 11.3. The van der Waals surface area contributed by atoms with Gasteiger partial charge in [-0.15, -0.1) is 0 Å². The fourth-order valence-electron chi connectivity index (χ4n) is 0.967. The van der Waals surface area contributed by atoms with E-state index in [9.17, 15) is 13.2 Å². The van der Waals surface area contributed by atoms with Crippen LogP contribution >= 0.6 is 0 Å². The van der Waals surface area contributed by atoms with Crippen molar-refractivity contribution in [2.45, 2.75) is 26.3 Å². The van der Waals surface area contributed by atoms with E-state index >= 15 is 0 Å². The highest BCUT2D eigenvalue weighted by Crippen LogP contribution is 2.09. The fraction of sp³-hybridized carbons (Fsp3) is 0.714. The van der Waals surface area contributed by atoms with Gasteiger partial charge in [0.2, 0.25) is 0 Å². The molecule has 7 nitrogen and oxygen atoms in total. The van der Waals surface area contributed by atoms with Crippen LogP contribution in [-0.4, -0.2) is 26.4 Å². The third-order valence-corrected chi connectivity index (χ3v) is 2.27. The molecule has 88 valence electrons. The lowest BCUT2D eigenvalue weighted by Crippen LogP contribution is -2.48. The van der Waals surface area contributed by atoms with E-state index in [-0.39, 0.29) is 5.92 Å². The Morgan fingerprint density at radius 1 is 1.60 bits per heavy atom. The molecule has 0 heterocycles. The van der Waals surface area contributed by atoms with Crippen molar-refractivity contribution in [2.75, 3.05) is 0 Å². The SMILES string of the molecule is CCC(C)C(NC(=N)N)C(=O)O[SH](=O)=O. The van der Waals surface area contributed by atoms with E-state index in [1.165, 1.54) is 0 Å². The van der Waals surface area contributed by atoms with Crippen LogP contribution in [0.4, 0.5) is 0 Å². The molecule has 0 bridgehead atoms. The summed E-state index contributed by atoms with van der Waals surface area (Å²) in [5.74, 6) is -1.54. The summed E-state index contributed by atoms with van der Waals surface area (Å²) in [6.45, 7) is 3.55. The van der Waals surface area contributed by atoms with E-state index in [2.05, 4.69) is 9.50 Å². The lowest BCUT2D eigenvalue weighted by atomic mass is 9.99. The molecule has 0 spiro atoms. The van der Waals surface area contributed by atoms with Crippen molar-refractivity contribution < 1.29 is 17.4 Å². The van der Waals surface area contributed by atoms with Crippen molar-refractivity contribution in [1.82, 2.24) is 5.32 Å². The van der Waals surface area contributed by atoms with Crippen LogP contribution in [-0.2, 0) is 20.0 Å². The number of rotatable bonds is 5. The van der Waals surface area contributed by atoms with Gasteiger partial charge in [0.25, 0.3) is 0 Å². The molecule has 4 N–H and O–H groups in total. The second-order valence-corrected chi connectivity index (χ2v) is 3.68.